The predicted molar refractivity (Wildman–Crippen MR) is 77.0 cm³/mol. The molecular weight excluding hydrogens is 280 g/mol. The number of anilines is 1. The molecule has 1 aromatic rings. The first kappa shape index (κ1) is 14.7. The van der Waals surface area contributed by atoms with Crippen molar-refractivity contribution in [2.75, 3.05) is 11.6 Å². The van der Waals surface area contributed by atoms with Gasteiger partial charge >= 0.3 is 12.0 Å². The van der Waals surface area contributed by atoms with E-state index in [1.807, 2.05) is 0 Å². The standard InChI is InChI=1S/C12H18N4O3S/c1-20-10-4-2-3-9(10)15-12(19)14-8-5-13-16(6-8)7-11(17)18/h5-6,9-10H,2-4,7H2,1H3,(H,17,18)(H2,14,15,19). The van der Waals surface area contributed by atoms with Crippen LogP contribution in [0.5, 0.6) is 0 Å². The minimum Gasteiger partial charge on any atom is -0.480 e. The van der Waals surface area contributed by atoms with Crippen molar-refractivity contribution >= 4 is 29.4 Å². The molecule has 2 atom stereocenters. The molecule has 1 fully saturated rings. The maximum absolute atomic E-state index is 11.9. The summed E-state index contributed by atoms with van der Waals surface area (Å²) in [6.45, 7) is -0.222. The van der Waals surface area contributed by atoms with E-state index in [-0.39, 0.29) is 18.6 Å². The van der Waals surface area contributed by atoms with E-state index in [1.165, 1.54) is 17.1 Å². The van der Waals surface area contributed by atoms with Crippen molar-refractivity contribution in [3.8, 4) is 0 Å². The highest BCUT2D eigenvalue weighted by atomic mass is 32.2. The third kappa shape index (κ3) is 3.89. The van der Waals surface area contributed by atoms with E-state index in [9.17, 15) is 9.59 Å². The molecule has 0 bridgehead atoms. The Morgan fingerprint density at radius 2 is 2.35 bits per heavy atom. The topological polar surface area (TPSA) is 96.3 Å². The molecule has 3 N–H and O–H groups in total. The molecule has 0 saturated heterocycles. The largest absolute Gasteiger partial charge is 0.480 e. The van der Waals surface area contributed by atoms with Crippen LogP contribution in [0.25, 0.3) is 0 Å². The van der Waals surface area contributed by atoms with Gasteiger partial charge in [0.25, 0.3) is 0 Å². The molecule has 2 unspecified atom stereocenters. The fourth-order valence-corrected chi connectivity index (χ4v) is 3.30. The third-order valence-electron chi connectivity index (χ3n) is 3.26. The molecule has 1 aromatic heterocycles. The van der Waals surface area contributed by atoms with Crippen molar-refractivity contribution in [3.05, 3.63) is 12.4 Å². The van der Waals surface area contributed by atoms with E-state index in [2.05, 4.69) is 22.0 Å². The Morgan fingerprint density at radius 1 is 1.55 bits per heavy atom. The van der Waals surface area contributed by atoms with Gasteiger partial charge in [0.1, 0.15) is 6.54 Å². The lowest BCUT2D eigenvalue weighted by Gasteiger charge is -2.19. The number of nitrogens with zero attached hydrogens (tertiary/aromatic N) is 2. The van der Waals surface area contributed by atoms with Crippen LogP contribution in [0.2, 0.25) is 0 Å². The van der Waals surface area contributed by atoms with Crippen LogP contribution in [0.3, 0.4) is 0 Å². The third-order valence-corrected chi connectivity index (χ3v) is 4.43. The summed E-state index contributed by atoms with van der Waals surface area (Å²) >= 11 is 1.78. The molecule has 110 valence electrons. The average molecular weight is 298 g/mol. The number of aliphatic carboxylic acids is 1. The smallest absolute Gasteiger partial charge is 0.325 e. The monoisotopic (exact) mass is 298 g/mol. The van der Waals surface area contributed by atoms with Crippen molar-refractivity contribution < 1.29 is 14.7 Å². The van der Waals surface area contributed by atoms with E-state index in [4.69, 9.17) is 5.11 Å². The van der Waals surface area contributed by atoms with E-state index in [1.54, 1.807) is 11.8 Å². The van der Waals surface area contributed by atoms with Crippen LogP contribution < -0.4 is 10.6 Å². The lowest BCUT2D eigenvalue weighted by Crippen LogP contribution is -2.41. The van der Waals surface area contributed by atoms with Crippen molar-refractivity contribution in [1.82, 2.24) is 15.1 Å². The maximum atomic E-state index is 11.9. The zero-order valence-corrected chi connectivity index (χ0v) is 12.0. The fraction of sp³-hybridized carbons (Fsp3) is 0.583. The highest BCUT2D eigenvalue weighted by Gasteiger charge is 2.27. The molecular formula is C12H18N4O3S. The van der Waals surface area contributed by atoms with Gasteiger partial charge in [-0.05, 0) is 19.1 Å². The fourth-order valence-electron chi connectivity index (χ4n) is 2.36. The summed E-state index contributed by atoms with van der Waals surface area (Å²) in [5.74, 6) is -0.974. The summed E-state index contributed by atoms with van der Waals surface area (Å²) in [6.07, 6.45) is 8.24. The summed E-state index contributed by atoms with van der Waals surface area (Å²) in [5.41, 5.74) is 0.488. The quantitative estimate of drug-likeness (QED) is 0.763. The first-order chi connectivity index (χ1) is 9.58. The number of urea groups is 1. The zero-order chi connectivity index (χ0) is 14.5. The molecule has 1 aliphatic rings. The number of rotatable bonds is 5. The van der Waals surface area contributed by atoms with E-state index in [0.717, 1.165) is 19.3 Å². The van der Waals surface area contributed by atoms with Gasteiger partial charge in [0, 0.05) is 17.5 Å². The van der Waals surface area contributed by atoms with E-state index in [0.29, 0.717) is 10.9 Å². The average Bonchev–Trinajstić information content (AvgIpc) is 2.98. The molecule has 8 heteroatoms. The lowest BCUT2D eigenvalue weighted by atomic mass is 10.2. The van der Waals surface area contributed by atoms with E-state index < -0.39 is 5.97 Å². The molecule has 0 aliphatic heterocycles. The Hall–Kier alpha value is -1.70. The number of amides is 2. The molecule has 0 aromatic carbocycles. The number of carbonyl (C=O) groups excluding carboxylic acids is 1. The van der Waals surface area contributed by atoms with Crippen LogP contribution in [0, 0.1) is 0 Å². The van der Waals surface area contributed by atoms with Crippen molar-refractivity contribution in [2.24, 2.45) is 0 Å². The Labute approximate surface area is 121 Å². The van der Waals surface area contributed by atoms with Crippen LogP contribution in [-0.2, 0) is 11.3 Å². The van der Waals surface area contributed by atoms with Gasteiger partial charge in [-0.2, -0.15) is 16.9 Å². The second-order valence-corrected chi connectivity index (χ2v) is 5.81. The Morgan fingerprint density at radius 3 is 3.05 bits per heavy atom. The van der Waals surface area contributed by atoms with Gasteiger partial charge in [0.05, 0.1) is 11.9 Å². The van der Waals surface area contributed by atoms with Gasteiger partial charge in [-0.1, -0.05) is 6.42 Å². The first-order valence-electron chi connectivity index (χ1n) is 6.43. The minimum absolute atomic E-state index is 0.194. The normalized spacial score (nSPS) is 21.6. The summed E-state index contributed by atoms with van der Waals surface area (Å²) in [5, 5.41) is 18.6. The van der Waals surface area contributed by atoms with Crippen molar-refractivity contribution in [1.29, 1.82) is 0 Å². The van der Waals surface area contributed by atoms with Crippen LogP contribution in [0.4, 0.5) is 10.5 Å². The second-order valence-electron chi connectivity index (χ2n) is 4.73. The summed E-state index contributed by atoms with van der Waals surface area (Å²) < 4.78 is 1.26. The van der Waals surface area contributed by atoms with Crippen LogP contribution >= 0.6 is 11.8 Å². The van der Waals surface area contributed by atoms with Gasteiger partial charge in [-0.15, -0.1) is 0 Å². The summed E-state index contributed by atoms with van der Waals surface area (Å²) in [7, 11) is 0. The van der Waals surface area contributed by atoms with Gasteiger partial charge in [-0.25, -0.2) is 4.79 Å². The number of aromatic nitrogens is 2. The molecule has 20 heavy (non-hydrogen) atoms. The number of carboxylic acids is 1. The Balaban J connectivity index is 1.85. The van der Waals surface area contributed by atoms with Crippen LogP contribution in [0.15, 0.2) is 12.4 Å². The lowest BCUT2D eigenvalue weighted by molar-refractivity contribution is -0.137. The number of hydrogen-bond donors (Lipinski definition) is 3. The van der Waals surface area contributed by atoms with E-state index >= 15 is 0 Å². The molecule has 2 amide bonds. The van der Waals surface area contributed by atoms with Gasteiger partial charge in [0.2, 0.25) is 0 Å². The van der Waals surface area contributed by atoms with Gasteiger partial charge in [0.15, 0.2) is 0 Å². The predicted octanol–water partition coefficient (Wildman–Crippen LogP) is 1.37. The summed E-state index contributed by atoms with van der Waals surface area (Å²) in [4.78, 5) is 22.4. The highest BCUT2D eigenvalue weighted by molar-refractivity contribution is 7.99. The number of nitrogens with one attached hydrogen (secondary N) is 2. The molecule has 1 aliphatic carbocycles. The SMILES string of the molecule is CSC1CCCC1NC(=O)Nc1cnn(CC(=O)O)c1. The van der Waals surface area contributed by atoms with Crippen molar-refractivity contribution in [3.63, 3.8) is 0 Å². The minimum atomic E-state index is -0.974. The molecule has 0 radical (unpaired) electrons. The number of carbonyl (C=O) groups is 2. The second kappa shape index (κ2) is 6.65. The number of carboxylic acid groups (broad SMARTS) is 1. The maximum Gasteiger partial charge on any atom is 0.325 e. The summed E-state index contributed by atoms with van der Waals surface area (Å²) in [6, 6.07) is -0.0788. The number of thioether (sulfide) groups is 1. The van der Waals surface area contributed by atoms with Gasteiger partial charge in [-0.3, -0.25) is 9.48 Å². The highest BCUT2D eigenvalue weighted by Crippen LogP contribution is 2.28. The molecule has 0 spiro atoms. The van der Waals surface area contributed by atoms with Crippen molar-refractivity contribution in [2.45, 2.75) is 37.1 Å². The first-order valence-corrected chi connectivity index (χ1v) is 7.72. The molecule has 2 rings (SSSR count). The number of hydrogen-bond acceptors (Lipinski definition) is 4. The molecule has 1 saturated carbocycles. The zero-order valence-electron chi connectivity index (χ0n) is 11.2. The van der Waals surface area contributed by atoms with Crippen LogP contribution in [0.1, 0.15) is 19.3 Å². The van der Waals surface area contributed by atoms with Crippen LogP contribution in [-0.4, -0.2) is 44.4 Å². The molecule has 7 nitrogen and oxygen atoms in total. The Bertz CT molecular complexity index is 491. The molecule has 1 heterocycles. The van der Waals surface area contributed by atoms with Gasteiger partial charge < -0.3 is 15.7 Å². The Kier molecular flexibility index (Phi) is 4.89.